The van der Waals surface area contributed by atoms with E-state index in [1.54, 1.807) is 63.2 Å². The van der Waals surface area contributed by atoms with Crippen LogP contribution in [0, 0.1) is 11.3 Å². The fourth-order valence-corrected chi connectivity index (χ4v) is 4.03. The molecule has 1 aromatic heterocycles. The number of benzene rings is 2. The van der Waals surface area contributed by atoms with Crippen molar-refractivity contribution in [3.63, 3.8) is 0 Å². The van der Waals surface area contributed by atoms with Crippen LogP contribution in [0.15, 0.2) is 64.7 Å². The SMILES string of the molecule is C/C(=N\Nc1ncc(Cl)c(Nc2ccccc2S(=O)(=O)C(C)C)n1)c1ccc(C#N)cc1. The first kappa shape index (κ1) is 23.2. The van der Waals surface area contributed by atoms with Gasteiger partial charge < -0.3 is 5.32 Å². The van der Waals surface area contributed by atoms with Gasteiger partial charge in [0.25, 0.3) is 0 Å². The van der Waals surface area contributed by atoms with E-state index >= 15 is 0 Å². The average Bonchev–Trinajstić information content (AvgIpc) is 2.79. The number of aromatic nitrogens is 2. The summed E-state index contributed by atoms with van der Waals surface area (Å²) in [6.07, 6.45) is 1.39. The van der Waals surface area contributed by atoms with E-state index in [2.05, 4.69) is 31.9 Å². The van der Waals surface area contributed by atoms with Crippen molar-refractivity contribution in [2.24, 2.45) is 5.10 Å². The molecule has 0 radical (unpaired) electrons. The van der Waals surface area contributed by atoms with Crippen LogP contribution in [0.5, 0.6) is 0 Å². The van der Waals surface area contributed by atoms with E-state index < -0.39 is 15.1 Å². The molecule has 3 aromatic rings. The maximum absolute atomic E-state index is 12.7. The Kier molecular flexibility index (Phi) is 7.08. The highest BCUT2D eigenvalue weighted by atomic mass is 35.5. The van der Waals surface area contributed by atoms with E-state index in [0.717, 1.165) is 5.56 Å². The summed E-state index contributed by atoms with van der Waals surface area (Å²) in [6.45, 7) is 5.05. The third-order valence-corrected chi connectivity index (χ3v) is 7.05. The smallest absolute Gasteiger partial charge is 0.245 e. The van der Waals surface area contributed by atoms with Gasteiger partial charge in [-0.05, 0) is 50.6 Å². The topological polar surface area (TPSA) is 120 Å². The molecule has 2 aromatic carbocycles. The van der Waals surface area contributed by atoms with Gasteiger partial charge in [-0.25, -0.2) is 18.8 Å². The molecule has 0 aliphatic carbocycles. The second kappa shape index (κ2) is 9.77. The molecule has 0 bridgehead atoms. The molecular formula is C22H21ClN6O2S. The van der Waals surface area contributed by atoms with Crippen LogP contribution < -0.4 is 10.7 Å². The van der Waals surface area contributed by atoms with Gasteiger partial charge in [-0.1, -0.05) is 35.9 Å². The number of anilines is 3. The van der Waals surface area contributed by atoms with Crippen molar-refractivity contribution in [3.05, 3.63) is 70.9 Å². The molecule has 1 heterocycles. The minimum Gasteiger partial charge on any atom is -0.338 e. The molecule has 0 aliphatic heterocycles. The fourth-order valence-electron chi connectivity index (χ4n) is 2.69. The normalized spacial score (nSPS) is 11.8. The number of para-hydroxylation sites is 1. The van der Waals surface area contributed by atoms with Crippen LogP contribution in [-0.2, 0) is 9.84 Å². The highest BCUT2D eigenvalue weighted by molar-refractivity contribution is 7.92. The maximum atomic E-state index is 12.7. The van der Waals surface area contributed by atoms with E-state index in [-0.39, 0.29) is 21.7 Å². The lowest BCUT2D eigenvalue weighted by Gasteiger charge is -2.15. The average molecular weight is 469 g/mol. The van der Waals surface area contributed by atoms with Crippen LogP contribution >= 0.6 is 11.6 Å². The quantitative estimate of drug-likeness (QED) is 0.378. The standard InChI is InChI=1S/C22H21ClN6O2S/c1-14(2)32(30,31)20-7-5-4-6-19(20)26-21-18(23)13-25-22(27-21)29-28-15(3)17-10-8-16(12-24)9-11-17/h4-11,13-14H,1-3H3,(H2,25,26,27,29)/b28-15+. The van der Waals surface area contributed by atoms with Gasteiger partial charge >= 0.3 is 0 Å². The largest absolute Gasteiger partial charge is 0.338 e. The molecule has 0 unspecified atom stereocenters. The second-order valence-electron chi connectivity index (χ2n) is 7.10. The molecule has 0 fully saturated rings. The van der Waals surface area contributed by atoms with Crippen molar-refractivity contribution in [2.45, 2.75) is 30.9 Å². The molecule has 0 aliphatic rings. The molecule has 0 spiro atoms. The van der Waals surface area contributed by atoms with Crippen LogP contribution in [-0.4, -0.2) is 29.3 Å². The van der Waals surface area contributed by atoms with E-state index in [1.165, 1.54) is 12.3 Å². The predicted molar refractivity (Wildman–Crippen MR) is 126 cm³/mol. The van der Waals surface area contributed by atoms with E-state index in [0.29, 0.717) is 17.0 Å². The number of halogens is 1. The van der Waals surface area contributed by atoms with Crippen molar-refractivity contribution < 1.29 is 8.42 Å². The van der Waals surface area contributed by atoms with Gasteiger partial charge in [0.15, 0.2) is 15.7 Å². The summed E-state index contributed by atoms with van der Waals surface area (Å²) in [5.41, 5.74) is 5.19. The Morgan fingerprint density at radius 3 is 2.50 bits per heavy atom. The monoisotopic (exact) mass is 468 g/mol. The molecular weight excluding hydrogens is 448 g/mol. The van der Waals surface area contributed by atoms with Crippen molar-refractivity contribution >= 4 is 44.6 Å². The Labute approximate surface area is 191 Å². The zero-order chi connectivity index (χ0) is 23.3. The highest BCUT2D eigenvalue weighted by Gasteiger charge is 2.23. The van der Waals surface area contributed by atoms with Crippen LogP contribution in [0.2, 0.25) is 5.02 Å². The molecule has 164 valence electrons. The van der Waals surface area contributed by atoms with Gasteiger partial charge in [-0.15, -0.1) is 0 Å². The number of hydrogen-bond donors (Lipinski definition) is 2. The number of sulfone groups is 1. The molecule has 3 rings (SSSR count). The minimum absolute atomic E-state index is 0.161. The Hall–Kier alpha value is -3.48. The lowest BCUT2D eigenvalue weighted by atomic mass is 10.1. The molecule has 0 saturated heterocycles. The van der Waals surface area contributed by atoms with Crippen LogP contribution in [0.1, 0.15) is 31.9 Å². The van der Waals surface area contributed by atoms with Crippen molar-refractivity contribution in [2.75, 3.05) is 10.7 Å². The number of hydrazone groups is 1. The van der Waals surface area contributed by atoms with Crippen molar-refractivity contribution in [3.8, 4) is 6.07 Å². The van der Waals surface area contributed by atoms with E-state index in [9.17, 15) is 8.42 Å². The molecule has 0 amide bonds. The summed E-state index contributed by atoms with van der Waals surface area (Å²) in [6, 6.07) is 15.6. The van der Waals surface area contributed by atoms with Crippen LogP contribution in [0.25, 0.3) is 0 Å². The highest BCUT2D eigenvalue weighted by Crippen LogP contribution is 2.30. The molecule has 2 N–H and O–H groups in total. The van der Waals surface area contributed by atoms with Gasteiger partial charge in [0.1, 0.15) is 5.02 Å². The van der Waals surface area contributed by atoms with Gasteiger partial charge in [0, 0.05) is 0 Å². The Balaban J connectivity index is 1.85. The first-order valence-corrected chi connectivity index (χ1v) is 11.6. The summed E-state index contributed by atoms with van der Waals surface area (Å²) in [5, 5.41) is 15.8. The first-order chi connectivity index (χ1) is 15.2. The number of hydrogen-bond acceptors (Lipinski definition) is 8. The summed E-state index contributed by atoms with van der Waals surface area (Å²) < 4.78 is 25.4. The summed E-state index contributed by atoms with van der Waals surface area (Å²) in [4.78, 5) is 8.59. The zero-order valence-electron chi connectivity index (χ0n) is 17.7. The first-order valence-electron chi connectivity index (χ1n) is 9.65. The summed E-state index contributed by atoms with van der Waals surface area (Å²) in [7, 11) is -3.51. The van der Waals surface area contributed by atoms with Gasteiger partial charge in [0.2, 0.25) is 5.95 Å². The Bertz CT molecular complexity index is 1300. The third-order valence-electron chi connectivity index (χ3n) is 4.57. The lowest BCUT2D eigenvalue weighted by molar-refractivity contribution is 0.588. The summed E-state index contributed by atoms with van der Waals surface area (Å²) >= 11 is 6.24. The van der Waals surface area contributed by atoms with Crippen molar-refractivity contribution in [1.29, 1.82) is 5.26 Å². The second-order valence-corrected chi connectivity index (χ2v) is 9.98. The number of nitriles is 1. The number of nitrogens with one attached hydrogen (secondary N) is 2. The number of rotatable bonds is 7. The zero-order valence-corrected chi connectivity index (χ0v) is 19.2. The van der Waals surface area contributed by atoms with Gasteiger partial charge in [-0.3, -0.25) is 0 Å². The lowest BCUT2D eigenvalue weighted by Crippen LogP contribution is -2.15. The molecule has 10 heteroatoms. The third kappa shape index (κ3) is 5.22. The van der Waals surface area contributed by atoms with Crippen molar-refractivity contribution in [1.82, 2.24) is 9.97 Å². The van der Waals surface area contributed by atoms with Gasteiger partial charge in [0.05, 0.1) is 39.4 Å². The van der Waals surface area contributed by atoms with Crippen LogP contribution in [0.3, 0.4) is 0 Å². The van der Waals surface area contributed by atoms with E-state index in [1.807, 2.05) is 0 Å². The molecule has 32 heavy (non-hydrogen) atoms. The predicted octanol–water partition coefficient (Wildman–Crippen LogP) is 4.76. The Morgan fingerprint density at radius 1 is 1.16 bits per heavy atom. The number of nitrogens with zero attached hydrogens (tertiary/aromatic N) is 4. The van der Waals surface area contributed by atoms with Crippen LogP contribution in [0.4, 0.5) is 17.5 Å². The van der Waals surface area contributed by atoms with Gasteiger partial charge in [-0.2, -0.15) is 15.3 Å². The maximum Gasteiger partial charge on any atom is 0.245 e. The summed E-state index contributed by atoms with van der Waals surface area (Å²) in [5.74, 6) is 0.413. The molecule has 0 saturated carbocycles. The fraction of sp³-hybridized carbons (Fsp3) is 0.182. The molecule has 0 atom stereocenters. The molecule has 8 nitrogen and oxygen atoms in total. The Morgan fingerprint density at radius 2 is 1.84 bits per heavy atom. The van der Waals surface area contributed by atoms with E-state index in [4.69, 9.17) is 16.9 Å². The minimum atomic E-state index is -3.51.